The Morgan fingerprint density at radius 2 is 0.845 bits per heavy atom. The Labute approximate surface area is 340 Å². The Bertz CT molecular complexity index is 3210. The van der Waals surface area contributed by atoms with E-state index < -0.39 is 0 Å². The summed E-state index contributed by atoms with van der Waals surface area (Å²) in [5.74, 6) is 0. The molecule has 2 nitrogen and oxygen atoms in total. The number of fused-ring (bicyclic) bond motifs is 7. The maximum atomic E-state index is 2.46. The van der Waals surface area contributed by atoms with Gasteiger partial charge >= 0.3 is 0 Å². The number of hydrogen-bond acceptors (Lipinski definition) is 0. The quantitative estimate of drug-likeness (QED) is 0.166. The first kappa shape index (κ1) is 34.6. The monoisotopic (exact) mass is 746 g/mol. The topological polar surface area (TPSA) is 9.86 Å². The lowest BCUT2D eigenvalue weighted by Gasteiger charge is -2.43. The molecule has 0 N–H and O–H groups in total. The molecule has 1 aliphatic carbocycles. The third-order valence-corrected chi connectivity index (χ3v) is 13.2. The van der Waals surface area contributed by atoms with Crippen LogP contribution in [0.3, 0.4) is 0 Å². The summed E-state index contributed by atoms with van der Waals surface area (Å²) in [5.41, 5.74) is 18.0. The largest absolute Gasteiger partial charge is 0.309 e. The average Bonchev–Trinajstić information content (AvgIpc) is 3.78. The van der Waals surface area contributed by atoms with E-state index in [1.807, 2.05) is 0 Å². The summed E-state index contributed by atoms with van der Waals surface area (Å²) in [6.07, 6.45) is 2.40. The third-order valence-electron chi connectivity index (χ3n) is 13.2. The average molecular weight is 747 g/mol. The summed E-state index contributed by atoms with van der Waals surface area (Å²) in [7, 11) is 0. The summed E-state index contributed by atoms with van der Waals surface area (Å²) in [6.45, 7) is 9.69. The Morgan fingerprint density at radius 1 is 0.345 bits per heavy atom. The molecule has 2 heterocycles. The first-order valence-corrected chi connectivity index (χ1v) is 20.7. The van der Waals surface area contributed by atoms with Gasteiger partial charge in [0.05, 0.1) is 22.1 Å². The Hall–Kier alpha value is -6.64. The van der Waals surface area contributed by atoms with E-state index in [2.05, 4.69) is 219 Å². The van der Waals surface area contributed by atoms with Crippen LogP contribution in [0.2, 0.25) is 0 Å². The minimum absolute atomic E-state index is 0.118. The fraction of sp³-hybridized carbons (Fsp3) is 0.143. The van der Waals surface area contributed by atoms with Crippen LogP contribution in [-0.2, 0) is 10.8 Å². The van der Waals surface area contributed by atoms with Crippen molar-refractivity contribution in [1.29, 1.82) is 0 Å². The molecule has 0 saturated heterocycles. The summed E-state index contributed by atoms with van der Waals surface area (Å²) < 4.78 is 4.86. The molecule has 0 spiro atoms. The number of para-hydroxylation sites is 2. The highest BCUT2D eigenvalue weighted by atomic mass is 15.0. The SMILES string of the molecule is CC1(C)CCC(C)(C)c2c(-c3cccc(-n4c5ccccc5c5cc(-c6ccc7c(c6)c6ccccc6n7-c6ccc(-c7ccccc7)cc6)ccc54)c3)cccc21. The van der Waals surface area contributed by atoms with Gasteiger partial charge in [0.15, 0.2) is 0 Å². The third kappa shape index (κ3) is 5.39. The van der Waals surface area contributed by atoms with Crippen molar-refractivity contribution in [3.63, 3.8) is 0 Å². The van der Waals surface area contributed by atoms with Gasteiger partial charge in [0.25, 0.3) is 0 Å². The molecule has 0 atom stereocenters. The van der Waals surface area contributed by atoms with Crippen LogP contribution in [0.15, 0.2) is 182 Å². The molecule has 0 aliphatic heterocycles. The molecule has 0 bridgehead atoms. The van der Waals surface area contributed by atoms with Crippen LogP contribution >= 0.6 is 0 Å². The number of rotatable bonds is 5. The van der Waals surface area contributed by atoms with Crippen LogP contribution < -0.4 is 0 Å². The first-order chi connectivity index (χ1) is 28.2. The first-order valence-electron chi connectivity index (χ1n) is 20.7. The fourth-order valence-electron chi connectivity index (χ4n) is 10.1. The Balaban J connectivity index is 1.02. The van der Waals surface area contributed by atoms with Crippen LogP contribution in [-0.4, -0.2) is 9.13 Å². The molecule has 0 amide bonds. The Morgan fingerprint density at radius 3 is 1.50 bits per heavy atom. The van der Waals surface area contributed by atoms with Crippen molar-refractivity contribution in [2.24, 2.45) is 0 Å². The summed E-state index contributed by atoms with van der Waals surface area (Å²) in [5, 5.41) is 5.05. The molecule has 2 heteroatoms. The molecule has 280 valence electrons. The molecule has 0 fully saturated rings. The van der Waals surface area contributed by atoms with E-state index in [4.69, 9.17) is 0 Å². The normalized spacial score (nSPS) is 14.7. The highest BCUT2D eigenvalue weighted by Crippen LogP contribution is 2.49. The highest BCUT2D eigenvalue weighted by Gasteiger charge is 2.38. The molecule has 58 heavy (non-hydrogen) atoms. The van der Waals surface area contributed by atoms with Gasteiger partial charge in [-0.05, 0) is 129 Å². The van der Waals surface area contributed by atoms with Crippen molar-refractivity contribution in [3.8, 4) is 44.8 Å². The van der Waals surface area contributed by atoms with Crippen LogP contribution in [0, 0.1) is 0 Å². The van der Waals surface area contributed by atoms with Gasteiger partial charge in [-0.2, -0.15) is 0 Å². The lowest BCUT2D eigenvalue weighted by molar-refractivity contribution is 0.333. The molecule has 0 saturated carbocycles. The van der Waals surface area contributed by atoms with E-state index in [0.717, 1.165) is 5.69 Å². The number of hydrogen-bond donors (Lipinski definition) is 0. The molecule has 1 aliphatic rings. The zero-order valence-electron chi connectivity index (χ0n) is 33.6. The number of benzene rings is 8. The van der Waals surface area contributed by atoms with Gasteiger partial charge in [0.1, 0.15) is 0 Å². The van der Waals surface area contributed by atoms with Gasteiger partial charge in [0.2, 0.25) is 0 Å². The van der Waals surface area contributed by atoms with E-state index in [0.29, 0.717) is 0 Å². The van der Waals surface area contributed by atoms with Crippen LogP contribution in [0.1, 0.15) is 51.7 Å². The summed E-state index contributed by atoms with van der Waals surface area (Å²) >= 11 is 0. The molecule has 0 radical (unpaired) electrons. The molecular formula is C56H46N2. The van der Waals surface area contributed by atoms with E-state index >= 15 is 0 Å². The molecular weight excluding hydrogens is 701 g/mol. The lowest BCUT2D eigenvalue weighted by atomic mass is 9.61. The van der Waals surface area contributed by atoms with Crippen molar-refractivity contribution >= 4 is 43.6 Å². The summed E-state index contributed by atoms with van der Waals surface area (Å²) in [4.78, 5) is 0. The van der Waals surface area contributed by atoms with Crippen LogP contribution in [0.4, 0.5) is 0 Å². The second-order valence-electron chi connectivity index (χ2n) is 17.6. The van der Waals surface area contributed by atoms with Crippen molar-refractivity contribution in [2.75, 3.05) is 0 Å². The number of nitrogens with zero attached hydrogens (tertiary/aromatic N) is 2. The maximum Gasteiger partial charge on any atom is 0.0541 e. The van der Waals surface area contributed by atoms with Crippen molar-refractivity contribution in [3.05, 3.63) is 193 Å². The van der Waals surface area contributed by atoms with Crippen molar-refractivity contribution in [1.82, 2.24) is 9.13 Å². The standard InChI is InChI=1S/C56H46N2/c1-55(2)32-33-56(3,4)54-44(20-13-21-49(54)55)41-16-12-17-43(34-41)58-51-23-11-9-19-46(51)48-36-40(27-31-53(48)58)39-26-30-52-47(35-39)45-18-8-10-22-50(45)57(52)42-28-24-38(25-29-42)37-14-6-5-7-15-37/h5-31,34-36H,32-33H2,1-4H3. The molecule has 2 aromatic heterocycles. The van der Waals surface area contributed by atoms with E-state index in [-0.39, 0.29) is 10.8 Å². The molecule has 11 rings (SSSR count). The van der Waals surface area contributed by atoms with Gasteiger partial charge < -0.3 is 9.13 Å². The number of aromatic nitrogens is 2. The lowest BCUT2D eigenvalue weighted by Crippen LogP contribution is -2.34. The minimum Gasteiger partial charge on any atom is -0.309 e. The maximum absolute atomic E-state index is 2.46. The van der Waals surface area contributed by atoms with Crippen LogP contribution in [0.5, 0.6) is 0 Å². The molecule has 8 aromatic carbocycles. The highest BCUT2D eigenvalue weighted by molar-refractivity contribution is 6.12. The van der Waals surface area contributed by atoms with E-state index in [9.17, 15) is 0 Å². The predicted molar refractivity (Wildman–Crippen MR) is 247 cm³/mol. The molecule has 10 aromatic rings. The smallest absolute Gasteiger partial charge is 0.0541 e. The van der Waals surface area contributed by atoms with Crippen molar-refractivity contribution < 1.29 is 0 Å². The van der Waals surface area contributed by atoms with Crippen molar-refractivity contribution in [2.45, 2.75) is 51.4 Å². The van der Waals surface area contributed by atoms with E-state index in [1.54, 1.807) is 0 Å². The Kier molecular flexibility index (Phi) is 7.72. The van der Waals surface area contributed by atoms with Crippen LogP contribution in [0.25, 0.3) is 88.4 Å². The minimum atomic E-state index is 0.118. The van der Waals surface area contributed by atoms with Gasteiger partial charge in [-0.3, -0.25) is 0 Å². The van der Waals surface area contributed by atoms with E-state index in [1.165, 1.54) is 107 Å². The molecule has 0 unspecified atom stereocenters. The van der Waals surface area contributed by atoms with Gasteiger partial charge in [0, 0.05) is 32.9 Å². The zero-order chi connectivity index (χ0) is 39.2. The fourth-order valence-corrected chi connectivity index (χ4v) is 10.1. The van der Waals surface area contributed by atoms with Gasteiger partial charge in [-0.15, -0.1) is 0 Å². The summed E-state index contributed by atoms with van der Waals surface area (Å²) in [6, 6.07) is 67.5. The zero-order valence-corrected chi connectivity index (χ0v) is 33.6. The van der Waals surface area contributed by atoms with Gasteiger partial charge in [-0.25, -0.2) is 0 Å². The second-order valence-corrected chi connectivity index (χ2v) is 17.6. The second kappa shape index (κ2) is 12.9. The van der Waals surface area contributed by atoms with Gasteiger partial charge in [-0.1, -0.05) is 149 Å². The predicted octanol–water partition coefficient (Wildman–Crippen LogP) is 15.2.